The number of nitrogens with one attached hydrogen (secondary N) is 1. The van der Waals surface area contributed by atoms with E-state index in [1.165, 1.54) is 6.26 Å². The Morgan fingerprint density at radius 1 is 1.22 bits per heavy atom. The van der Waals surface area contributed by atoms with Gasteiger partial charge in [0.1, 0.15) is 0 Å². The Bertz CT molecular complexity index is 648. The Morgan fingerprint density at radius 2 is 1.96 bits per heavy atom. The van der Waals surface area contributed by atoms with Crippen LogP contribution in [0.3, 0.4) is 0 Å². The highest BCUT2D eigenvalue weighted by Gasteiger charge is 2.19. The second kappa shape index (κ2) is 8.17. The van der Waals surface area contributed by atoms with Crippen LogP contribution in [0.2, 0.25) is 0 Å². The Kier molecular flexibility index (Phi) is 5.97. The third-order valence-electron chi connectivity index (χ3n) is 3.40. The van der Waals surface area contributed by atoms with Crippen molar-refractivity contribution < 1.29 is 18.7 Å². The topological polar surface area (TPSA) is 68.5 Å². The molecule has 0 aliphatic heterocycles. The molecule has 0 saturated carbocycles. The van der Waals surface area contributed by atoms with Crippen molar-refractivity contribution in [2.45, 2.75) is 32.7 Å². The van der Waals surface area contributed by atoms with Crippen LogP contribution >= 0.6 is 0 Å². The number of rotatable bonds is 7. The molecule has 2 rings (SSSR count). The molecular weight excluding hydrogens is 294 g/mol. The van der Waals surface area contributed by atoms with Gasteiger partial charge in [-0.3, -0.25) is 4.79 Å². The normalized spacial score (nSPS) is 11.7. The smallest absolute Gasteiger partial charge is 0.375 e. The van der Waals surface area contributed by atoms with Gasteiger partial charge in [0.15, 0.2) is 6.61 Å². The predicted octanol–water partition coefficient (Wildman–Crippen LogP) is 3.41. The van der Waals surface area contributed by atoms with E-state index in [1.807, 2.05) is 44.2 Å². The van der Waals surface area contributed by atoms with Crippen LogP contribution in [0.15, 0.2) is 47.1 Å². The van der Waals surface area contributed by atoms with Crippen molar-refractivity contribution in [1.82, 2.24) is 5.32 Å². The summed E-state index contributed by atoms with van der Waals surface area (Å²) in [5.41, 5.74) is 1.50. The first kappa shape index (κ1) is 16.8. The maximum absolute atomic E-state index is 12.1. The Hall–Kier alpha value is -2.56. The Balaban J connectivity index is 1.95. The van der Waals surface area contributed by atoms with E-state index >= 15 is 0 Å². The van der Waals surface area contributed by atoms with Gasteiger partial charge in [0.05, 0.1) is 6.26 Å². The van der Waals surface area contributed by atoms with Gasteiger partial charge >= 0.3 is 5.97 Å². The average Bonchev–Trinajstić information content (AvgIpc) is 3.03. The van der Waals surface area contributed by atoms with Crippen LogP contribution < -0.4 is 5.32 Å². The van der Waals surface area contributed by atoms with Crippen molar-refractivity contribution in [3.8, 4) is 11.1 Å². The SMILES string of the molecule is CCCC(C)NC(=O)COC(=O)c1occc1-c1ccccc1. The van der Waals surface area contributed by atoms with Gasteiger partial charge < -0.3 is 14.5 Å². The third-order valence-corrected chi connectivity index (χ3v) is 3.40. The number of ether oxygens (including phenoxy) is 1. The maximum atomic E-state index is 12.1. The second-order valence-corrected chi connectivity index (χ2v) is 5.36. The number of furan rings is 1. The van der Waals surface area contributed by atoms with E-state index in [4.69, 9.17) is 9.15 Å². The summed E-state index contributed by atoms with van der Waals surface area (Å²) in [5, 5.41) is 2.78. The fourth-order valence-corrected chi connectivity index (χ4v) is 2.33. The van der Waals surface area contributed by atoms with Crippen molar-refractivity contribution in [3.05, 3.63) is 48.4 Å². The summed E-state index contributed by atoms with van der Waals surface area (Å²) < 4.78 is 10.3. The molecule has 1 amide bonds. The molecule has 0 saturated heterocycles. The summed E-state index contributed by atoms with van der Waals surface area (Å²) in [6.07, 6.45) is 3.30. The second-order valence-electron chi connectivity index (χ2n) is 5.36. The average molecular weight is 315 g/mol. The Morgan fingerprint density at radius 3 is 2.65 bits per heavy atom. The van der Waals surface area contributed by atoms with Gasteiger partial charge in [0.25, 0.3) is 5.91 Å². The molecule has 1 unspecified atom stereocenters. The molecular formula is C18H21NO4. The predicted molar refractivity (Wildman–Crippen MR) is 86.9 cm³/mol. The van der Waals surface area contributed by atoms with E-state index in [9.17, 15) is 9.59 Å². The molecule has 1 atom stereocenters. The van der Waals surface area contributed by atoms with Crippen molar-refractivity contribution >= 4 is 11.9 Å². The van der Waals surface area contributed by atoms with Crippen LogP contribution in [-0.2, 0) is 9.53 Å². The van der Waals surface area contributed by atoms with Crippen LogP contribution in [0.25, 0.3) is 11.1 Å². The molecule has 2 aromatic rings. The first-order chi connectivity index (χ1) is 11.1. The van der Waals surface area contributed by atoms with Crippen molar-refractivity contribution in [2.24, 2.45) is 0 Å². The third kappa shape index (κ3) is 4.71. The molecule has 23 heavy (non-hydrogen) atoms. The summed E-state index contributed by atoms with van der Waals surface area (Å²) >= 11 is 0. The summed E-state index contributed by atoms with van der Waals surface area (Å²) in [4.78, 5) is 23.9. The minimum atomic E-state index is -0.646. The molecule has 0 spiro atoms. The summed E-state index contributed by atoms with van der Waals surface area (Å²) in [6, 6.07) is 11.2. The number of benzene rings is 1. The van der Waals surface area contributed by atoms with E-state index in [1.54, 1.807) is 6.07 Å². The van der Waals surface area contributed by atoms with Crippen LogP contribution in [0.4, 0.5) is 0 Å². The number of esters is 1. The van der Waals surface area contributed by atoms with E-state index in [0.29, 0.717) is 5.56 Å². The van der Waals surface area contributed by atoms with Gasteiger partial charge in [0, 0.05) is 11.6 Å². The molecule has 0 radical (unpaired) electrons. The quantitative estimate of drug-likeness (QED) is 0.795. The molecule has 0 bridgehead atoms. The van der Waals surface area contributed by atoms with Crippen molar-refractivity contribution in [3.63, 3.8) is 0 Å². The van der Waals surface area contributed by atoms with E-state index < -0.39 is 5.97 Å². The zero-order chi connectivity index (χ0) is 16.7. The minimum absolute atomic E-state index is 0.0645. The van der Waals surface area contributed by atoms with Gasteiger partial charge in [-0.25, -0.2) is 4.79 Å². The largest absolute Gasteiger partial charge is 0.457 e. The van der Waals surface area contributed by atoms with E-state index in [0.717, 1.165) is 18.4 Å². The molecule has 1 N–H and O–H groups in total. The summed E-state index contributed by atoms with van der Waals surface area (Å²) in [6.45, 7) is 3.65. The van der Waals surface area contributed by atoms with E-state index in [2.05, 4.69) is 5.32 Å². The molecule has 122 valence electrons. The number of carbonyl (C=O) groups excluding carboxylic acids is 2. The van der Waals surface area contributed by atoms with Gasteiger partial charge in [-0.15, -0.1) is 0 Å². The summed E-state index contributed by atoms with van der Waals surface area (Å²) in [5.74, 6) is -0.857. The lowest BCUT2D eigenvalue weighted by atomic mass is 10.1. The Labute approximate surface area is 135 Å². The van der Waals surface area contributed by atoms with Crippen LogP contribution in [0.1, 0.15) is 37.2 Å². The number of hydrogen-bond donors (Lipinski definition) is 1. The highest BCUT2D eigenvalue weighted by Crippen LogP contribution is 2.25. The molecule has 1 heterocycles. The first-order valence-electron chi connectivity index (χ1n) is 7.71. The van der Waals surface area contributed by atoms with Crippen molar-refractivity contribution in [2.75, 3.05) is 6.61 Å². The first-order valence-corrected chi connectivity index (χ1v) is 7.71. The molecule has 0 fully saturated rings. The molecule has 1 aromatic carbocycles. The van der Waals surface area contributed by atoms with Crippen molar-refractivity contribution in [1.29, 1.82) is 0 Å². The fourth-order valence-electron chi connectivity index (χ4n) is 2.33. The minimum Gasteiger partial charge on any atom is -0.457 e. The highest BCUT2D eigenvalue weighted by molar-refractivity contribution is 5.95. The van der Waals surface area contributed by atoms with Gasteiger partial charge in [-0.2, -0.15) is 0 Å². The zero-order valence-electron chi connectivity index (χ0n) is 13.4. The summed E-state index contributed by atoms with van der Waals surface area (Å²) in [7, 11) is 0. The fraction of sp³-hybridized carbons (Fsp3) is 0.333. The molecule has 0 aliphatic carbocycles. The maximum Gasteiger partial charge on any atom is 0.375 e. The lowest BCUT2D eigenvalue weighted by Gasteiger charge is -2.12. The number of amides is 1. The van der Waals surface area contributed by atoms with Crippen LogP contribution in [-0.4, -0.2) is 24.5 Å². The lowest BCUT2D eigenvalue weighted by molar-refractivity contribution is -0.124. The zero-order valence-corrected chi connectivity index (χ0v) is 13.4. The monoisotopic (exact) mass is 315 g/mol. The lowest BCUT2D eigenvalue weighted by Crippen LogP contribution is -2.35. The molecule has 0 aliphatic rings. The standard InChI is InChI=1S/C18H21NO4/c1-3-7-13(2)19-16(20)12-23-18(21)17-15(10-11-22-17)14-8-5-4-6-9-14/h4-6,8-11,13H,3,7,12H2,1-2H3,(H,19,20). The van der Waals surface area contributed by atoms with Crippen LogP contribution in [0, 0.1) is 0 Å². The van der Waals surface area contributed by atoms with Gasteiger partial charge in [-0.1, -0.05) is 43.7 Å². The number of hydrogen-bond acceptors (Lipinski definition) is 4. The van der Waals surface area contributed by atoms with E-state index in [-0.39, 0.29) is 24.3 Å². The van der Waals surface area contributed by atoms with Crippen LogP contribution in [0.5, 0.6) is 0 Å². The molecule has 5 nitrogen and oxygen atoms in total. The highest BCUT2D eigenvalue weighted by atomic mass is 16.5. The van der Waals surface area contributed by atoms with Gasteiger partial charge in [0.2, 0.25) is 5.76 Å². The molecule has 5 heteroatoms. The number of carbonyl (C=O) groups is 2. The van der Waals surface area contributed by atoms with Gasteiger partial charge in [-0.05, 0) is 25.0 Å². The molecule has 1 aromatic heterocycles.